The largest absolute Gasteiger partial charge is 0.269 e. The van der Waals surface area contributed by atoms with E-state index in [1.807, 2.05) is 13.0 Å². The summed E-state index contributed by atoms with van der Waals surface area (Å²) in [7, 11) is 0. The molecule has 0 saturated carbocycles. The minimum Gasteiger partial charge on any atom is -0.258 e. The first-order valence-electron chi connectivity index (χ1n) is 3.95. The van der Waals surface area contributed by atoms with E-state index < -0.39 is 0 Å². The number of non-ortho nitro benzene ring substituents is 1. The Balaban J connectivity index is 2.98. The Labute approximate surface area is 85.0 Å². The van der Waals surface area contributed by atoms with Crippen molar-refractivity contribution in [3.8, 4) is 0 Å². The second kappa shape index (κ2) is 4.37. The molecule has 0 aliphatic carbocycles. The maximum absolute atomic E-state index is 10.4. The first kappa shape index (κ1) is 10.2. The van der Waals surface area contributed by atoms with Gasteiger partial charge < -0.3 is 0 Å². The molecule has 0 aromatic heterocycles. The van der Waals surface area contributed by atoms with Gasteiger partial charge in [-0.1, -0.05) is 22.0 Å². The lowest BCUT2D eigenvalue weighted by molar-refractivity contribution is -0.384. The minimum absolute atomic E-state index is 0.163. The van der Waals surface area contributed by atoms with Crippen LogP contribution in [0.15, 0.2) is 18.2 Å². The summed E-state index contributed by atoms with van der Waals surface area (Å²) in [6.45, 7) is 1.89. The zero-order valence-electron chi connectivity index (χ0n) is 7.29. The number of nitro groups is 1. The molecule has 0 unspecified atom stereocenters. The Morgan fingerprint density at radius 3 is 2.69 bits per heavy atom. The molecule has 0 atom stereocenters. The van der Waals surface area contributed by atoms with Crippen molar-refractivity contribution in [2.45, 2.75) is 13.3 Å². The molecule has 0 bridgehead atoms. The summed E-state index contributed by atoms with van der Waals surface area (Å²) in [5.74, 6) is 0. The number of hydrogen-bond donors (Lipinski definition) is 0. The van der Waals surface area contributed by atoms with E-state index in [9.17, 15) is 10.1 Å². The second-order valence-electron chi connectivity index (χ2n) is 2.81. The van der Waals surface area contributed by atoms with Gasteiger partial charge in [-0.2, -0.15) is 0 Å². The van der Waals surface area contributed by atoms with Crippen LogP contribution in [0.25, 0.3) is 0 Å². The standard InChI is InChI=1S/C9H10BrNO2/c1-7-6-9(11(12)13)3-2-8(7)4-5-10/h2-3,6H,4-5H2,1H3. The summed E-state index contributed by atoms with van der Waals surface area (Å²) in [4.78, 5) is 10.0. The minimum atomic E-state index is -0.370. The Hall–Kier alpha value is -0.900. The van der Waals surface area contributed by atoms with Crippen LogP contribution >= 0.6 is 15.9 Å². The monoisotopic (exact) mass is 243 g/mol. The number of halogens is 1. The summed E-state index contributed by atoms with van der Waals surface area (Å²) < 4.78 is 0. The van der Waals surface area contributed by atoms with Crippen LogP contribution in [0.3, 0.4) is 0 Å². The highest BCUT2D eigenvalue weighted by atomic mass is 79.9. The summed E-state index contributed by atoms with van der Waals surface area (Å²) in [5.41, 5.74) is 2.30. The molecule has 1 rings (SSSR count). The quantitative estimate of drug-likeness (QED) is 0.466. The molecule has 0 aliphatic heterocycles. The molecule has 0 amide bonds. The predicted octanol–water partition coefficient (Wildman–Crippen LogP) is 2.84. The number of hydrogen-bond acceptors (Lipinski definition) is 2. The molecule has 0 radical (unpaired) electrons. The molecular formula is C9H10BrNO2. The van der Waals surface area contributed by atoms with Gasteiger partial charge in [0.25, 0.3) is 5.69 Å². The van der Waals surface area contributed by atoms with Gasteiger partial charge in [0.15, 0.2) is 0 Å². The van der Waals surface area contributed by atoms with Crippen LogP contribution in [-0.4, -0.2) is 10.3 Å². The molecule has 0 N–H and O–H groups in total. The van der Waals surface area contributed by atoms with Crippen LogP contribution < -0.4 is 0 Å². The zero-order chi connectivity index (χ0) is 9.84. The van der Waals surface area contributed by atoms with Crippen molar-refractivity contribution < 1.29 is 4.92 Å². The topological polar surface area (TPSA) is 43.1 Å². The fraction of sp³-hybridized carbons (Fsp3) is 0.333. The lowest BCUT2D eigenvalue weighted by Gasteiger charge is -2.02. The molecule has 0 heterocycles. The fourth-order valence-electron chi connectivity index (χ4n) is 1.18. The average molecular weight is 244 g/mol. The van der Waals surface area contributed by atoms with Gasteiger partial charge in [0, 0.05) is 17.5 Å². The van der Waals surface area contributed by atoms with Gasteiger partial charge in [-0.25, -0.2) is 0 Å². The highest BCUT2D eigenvalue weighted by Gasteiger charge is 2.06. The number of nitro benzene ring substituents is 1. The zero-order valence-corrected chi connectivity index (χ0v) is 8.87. The number of benzene rings is 1. The van der Waals surface area contributed by atoms with E-state index in [0.29, 0.717) is 0 Å². The van der Waals surface area contributed by atoms with Gasteiger partial charge in [0.1, 0.15) is 0 Å². The van der Waals surface area contributed by atoms with E-state index in [1.54, 1.807) is 12.1 Å². The lowest BCUT2D eigenvalue weighted by atomic mass is 10.1. The summed E-state index contributed by atoms with van der Waals surface area (Å²) in [5, 5.41) is 11.3. The van der Waals surface area contributed by atoms with Crippen LogP contribution in [0, 0.1) is 17.0 Å². The predicted molar refractivity (Wildman–Crippen MR) is 55.3 cm³/mol. The van der Waals surface area contributed by atoms with Crippen LogP contribution in [0.1, 0.15) is 11.1 Å². The Kier molecular flexibility index (Phi) is 3.42. The fourth-order valence-corrected chi connectivity index (χ4v) is 1.60. The van der Waals surface area contributed by atoms with Crippen molar-refractivity contribution in [2.75, 3.05) is 5.33 Å². The van der Waals surface area contributed by atoms with E-state index in [4.69, 9.17) is 0 Å². The van der Waals surface area contributed by atoms with Crippen molar-refractivity contribution in [1.82, 2.24) is 0 Å². The van der Waals surface area contributed by atoms with Crippen LogP contribution in [0.2, 0.25) is 0 Å². The Bertz CT molecular complexity index is 325. The summed E-state index contributed by atoms with van der Waals surface area (Å²) in [6.07, 6.45) is 0.907. The number of nitrogens with zero attached hydrogens (tertiary/aromatic N) is 1. The van der Waals surface area contributed by atoms with E-state index in [2.05, 4.69) is 15.9 Å². The van der Waals surface area contributed by atoms with Gasteiger partial charge in [0.2, 0.25) is 0 Å². The van der Waals surface area contributed by atoms with Gasteiger partial charge in [-0.15, -0.1) is 0 Å². The van der Waals surface area contributed by atoms with Crippen LogP contribution in [0.4, 0.5) is 5.69 Å². The maximum atomic E-state index is 10.4. The van der Waals surface area contributed by atoms with Gasteiger partial charge >= 0.3 is 0 Å². The third kappa shape index (κ3) is 2.52. The van der Waals surface area contributed by atoms with Crippen LogP contribution in [0.5, 0.6) is 0 Å². The summed E-state index contributed by atoms with van der Waals surface area (Å²) in [6, 6.07) is 4.97. The molecule has 0 fully saturated rings. The van der Waals surface area contributed by atoms with Crippen molar-refractivity contribution in [3.05, 3.63) is 39.4 Å². The van der Waals surface area contributed by atoms with Gasteiger partial charge in [-0.05, 0) is 24.5 Å². The van der Waals surface area contributed by atoms with Crippen molar-refractivity contribution >= 4 is 21.6 Å². The molecule has 13 heavy (non-hydrogen) atoms. The summed E-state index contributed by atoms with van der Waals surface area (Å²) >= 11 is 3.33. The van der Waals surface area contributed by atoms with E-state index in [0.717, 1.165) is 22.9 Å². The molecule has 70 valence electrons. The smallest absolute Gasteiger partial charge is 0.258 e. The van der Waals surface area contributed by atoms with Crippen molar-refractivity contribution in [1.29, 1.82) is 0 Å². The second-order valence-corrected chi connectivity index (χ2v) is 3.60. The average Bonchev–Trinajstić information content (AvgIpc) is 2.08. The number of aryl methyl sites for hydroxylation is 2. The van der Waals surface area contributed by atoms with Crippen LogP contribution in [-0.2, 0) is 6.42 Å². The Morgan fingerprint density at radius 1 is 1.54 bits per heavy atom. The highest BCUT2D eigenvalue weighted by Crippen LogP contribution is 2.17. The third-order valence-electron chi connectivity index (χ3n) is 1.90. The molecule has 0 spiro atoms. The molecule has 4 heteroatoms. The van der Waals surface area contributed by atoms with Crippen molar-refractivity contribution in [2.24, 2.45) is 0 Å². The normalized spacial score (nSPS) is 10.0. The highest BCUT2D eigenvalue weighted by molar-refractivity contribution is 9.09. The molecule has 1 aromatic rings. The lowest BCUT2D eigenvalue weighted by Crippen LogP contribution is -1.93. The molecule has 0 aliphatic rings. The molecule has 3 nitrogen and oxygen atoms in total. The molecular weight excluding hydrogens is 234 g/mol. The number of alkyl halides is 1. The van der Waals surface area contributed by atoms with Gasteiger partial charge in [-0.3, -0.25) is 10.1 Å². The molecule has 0 saturated heterocycles. The van der Waals surface area contributed by atoms with E-state index in [-0.39, 0.29) is 10.6 Å². The van der Waals surface area contributed by atoms with Gasteiger partial charge in [0.05, 0.1) is 4.92 Å². The SMILES string of the molecule is Cc1cc([N+](=O)[O-])ccc1CCBr. The Morgan fingerprint density at radius 2 is 2.23 bits per heavy atom. The third-order valence-corrected chi connectivity index (χ3v) is 2.30. The van der Waals surface area contributed by atoms with Crippen molar-refractivity contribution in [3.63, 3.8) is 0 Å². The first-order chi connectivity index (χ1) is 6.15. The maximum Gasteiger partial charge on any atom is 0.269 e. The number of rotatable bonds is 3. The van der Waals surface area contributed by atoms with E-state index >= 15 is 0 Å². The van der Waals surface area contributed by atoms with E-state index in [1.165, 1.54) is 0 Å². The first-order valence-corrected chi connectivity index (χ1v) is 5.07. The molecule has 1 aromatic carbocycles.